The maximum Gasteiger partial charge on any atom is 0.240 e. The highest BCUT2D eigenvalue weighted by molar-refractivity contribution is 6.08. The molecule has 1 aromatic rings. The van der Waals surface area contributed by atoms with Crippen molar-refractivity contribution < 1.29 is 4.79 Å². The summed E-state index contributed by atoms with van der Waals surface area (Å²) in [4.78, 5) is 16.2. The molecular weight excluding hydrogens is 188 g/mol. The van der Waals surface area contributed by atoms with Crippen LogP contribution in [0.2, 0.25) is 0 Å². The third-order valence-corrected chi connectivity index (χ3v) is 3.57. The molecule has 3 rings (SSSR count). The average Bonchev–Trinajstić information content (AvgIpc) is 2.42. The number of anilines is 1. The number of hydrogen-bond donors (Lipinski definition) is 0. The van der Waals surface area contributed by atoms with Crippen LogP contribution in [0.15, 0.2) is 24.3 Å². The highest BCUT2D eigenvalue weighted by atomic mass is 16.2. The molecule has 0 radical (unpaired) electrons. The van der Waals surface area contributed by atoms with Gasteiger partial charge in [0.1, 0.15) is 5.41 Å². The summed E-state index contributed by atoms with van der Waals surface area (Å²) in [6.45, 7) is 1.71. The van der Waals surface area contributed by atoms with E-state index in [-0.39, 0.29) is 11.3 Å². The molecule has 0 N–H and O–H groups in total. The molecule has 1 spiro atoms. The van der Waals surface area contributed by atoms with E-state index >= 15 is 0 Å². The van der Waals surface area contributed by atoms with Gasteiger partial charge in [-0.15, -0.1) is 0 Å². The summed E-state index contributed by atoms with van der Waals surface area (Å²) in [5, 5.41) is 0. The molecule has 3 nitrogen and oxygen atoms in total. The SMILES string of the molecule is CN1CC2(C1)C(=O)N(C)c1ccccc12. The van der Waals surface area contributed by atoms with Crippen LogP contribution in [-0.4, -0.2) is 38.0 Å². The molecule has 0 unspecified atom stereocenters. The number of likely N-dealkylation sites (tertiary alicyclic amines) is 1. The molecule has 0 atom stereocenters. The molecule has 78 valence electrons. The number of para-hydroxylation sites is 1. The fourth-order valence-corrected chi connectivity index (χ4v) is 2.90. The average molecular weight is 202 g/mol. The molecule has 1 amide bonds. The number of rotatable bonds is 0. The van der Waals surface area contributed by atoms with E-state index in [1.54, 1.807) is 4.90 Å². The fraction of sp³-hybridized carbons (Fsp3) is 0.417. The van der Waals surface area contributed by atoms with Crippen molar-refractivity contribution in [2.75, 3.05) is 32.1 Å². The Hall–Kier alpha value is -1.35. The van der Waals surface area contributed by atoms with E-state index in [2.05, 4.69) is 18.0 Å². The second-order valence-electron chi connectivity index (χ2n) is 4.64. The Labute approximate surface area is 89.3 Å². The maximum absolute atomic E-state index is 12.2. The Morgan fingerprint density at radius 2 is 1.87 bits per heavy atom. The molecular formula is C12H14N2O. The second-order valence-corrected chi connectivity index (χ2v) is 4.64. The normalized spacial score (nSPS) is 23.1. The maximum atomic E-state index is 12.2. The molecule has 15 heavy (non-hydrogen) atoms. The van der Waals surface area contributed by atoms with Gasteiger partial charge in [0.25, 0.3) is 0 Å². The highest BCUT2D eigenvalue weighted by Gasteiger charge is 2.55. The van der Waals surface area contributed by atoms with Gasteiger partial charge in [0, 0.05) is 25.8 Å². The molecule has 2 heterocycles. The van der Waals surface area contributed by atoms with Crippen molar-refractivity contribution in [2.45, 2.75) is 5.41 Å². The minimum Gasteiger partial charge on any atom is -0.314 e. The number of hydrogen-bond acceptors (Lipinski definition) is 2. The Bertz CT molecular complexity index is 435. The van der Waals surface area contributed by atoms with Crippen LogP contribution in [0.3, 0.4) is 0 Å². The van der Waals surface area contributed by atoms with Crippen LogP contribution in [-0.2, 0) is 10.2 Å². The van der Waals surface area contributed by atoms with Crippen LogP contribution in [0.4, 0.5) is 5.69 Å². The van der Waals surface area contributed by atoms with Crippen LogP contribution >= 0.6 is 0 Å². The number of carbonyl (C=O) groups excluding carboxylic acids is 1. The number of amides is 1. The topological polar surface area (TPSA) is 23.6 Å². The van der Waals surface area contributed by atoms with E-state index in [4.69, 9.17) is 0 Å². The summed E-state index contributed by atoms with van der Waals surface area (Å²) < 4.78 is 0. The zero-order valence-corrected chi connectivity index (χ0v) is 9.03. The summed E-state index contributed by atoms with van der Waals surface area (Å²) in [6, 6.07) is 8.12. The molecule has 2 aliphatic heterocycles. The molecule has 1 fully saturated rings. The lowest BCUT2D eigenvalue weighted by atomic mass is 9.75. The van der Waals surface area contributed by atoms with E-state index in [1.165, 1.54) is 5.56 Å². The van der Waals surface area contributed by atoms with Gasteiger partial charge in [-0.25, -0.2) is 0 Å². The van der Waals surface area contributed by atoms with Gasteiger partial charge in [-0.1, -0.05) is 18.2 Å². The summed E-state index contributed by atoms with van der Waals surface area (Å²) in [5.74, 6) is 0.252. The molecule has 2 aliphatic rings. The first kappa shape index (κ1) is 8.92. The van der Waals surface area contributed by atoms with Crippen LogP contribution in [0.5, 0.6) is 0 Å². The molecule has 1 aromatic carbocycles. The predicted octanol–water partition coefficient (Wildman–Crippen LogP) is 0.846. The van der Waals surface area contributed by atoms with Crippen molar-refractivity contribution in [2.24, 2.45) is 0 Å². The Kier molecular flexibility index (Phi) is 1.55. The number of fused-ring (bicyclic) bond motifs is 2. The first-order chi connectivity index (χ1) is 7.15. The lowest BCUT2D eigenvalue weighted by Gasteiger charge is -2.44. The largest absolute Gasteiger partial charge is 0.314 e. The van der Waals surface area contributed by atoms with Crippen molar-refractivity contribution in [3.63, 3.8) is 0 Å². The zero-order valence-electron chi connectivity index (χ0n) is 9.03. The Morgan fingerprint density at radius 1 is 1.20 bits per heavy atom. The fourth-order valence-electron chi connectivity index (χ4n) is 2.90. The third-order valence-electron chi connectivity index (χ3n) is 3.57. The molecule has 3 heteroatoms. The molecule has 0 bridgehead atoms. The molecule has 0 aromatic heterocycles. The second kappa shape index (κ2) is 2.61. The van der Waals surface area contributed by atoms with Gasteiger partial charge in [0.05, 0.1) is 0 Å². The standard InChI is InChI=1S/C12H14N2O/c1-13-7-12(8-13)9-5-3-4-6-10(9)14(2)11(12)15/h3-6H,7-8H2,1-2H3. The first-order valence-electron chi connectivity index (χ1n) is 5.21. The van der Waals surface area contributed by atoms with E-state index in [9.17, 15) is 4.79 Å². The minimum atomic E-state index is -0.236. The summed E-state index contributed by atoms with van der Waals surface area (Å²) in [6.07, 6.45) is 0. The van der Waals surface area contributed by atoms with Gasteiger partial charge in [-0.3, -0.25) is 4.79 Å². The van der Waals surface area contributed by atoms with Gasteiger partial charge < -0.3 is 9.80 Å². The molecule has 1 saturated heterocycles. The zero-order chi connectivity index (χ0) is 10.6. The summed E-state index contributed by atoms with van der Waals surface area (Å²) in [5.41, 5.74) is 2.05. The van der Waals surface area contributed by atoms with Gasteiger partial charge in [-0.05, 0) is 18.7 Å². The van der Waals surface area contributed by atoms with Crippen LogP contribution < -0.4 is 4.90 Å². The van der Waals surface area contributed by atoms with Crippen molar-refractivity contribution in [3.05, 3.63) is 29.8 Å². The quantitative estimate of drug-likeness (QED) is 0.622. The van der Waals surface area contributed by atoms with Gasteiger partial charge >= 0.3 is 0 Å². The van der Waals surface area contributed by atoms with Gasteiger partial charge in [0.2, 0.25) is 5.91 Å². The van der Waals surface area contributed by atoms with Crippen molar-refractivity contribution in [3.8, 4) is 0 Å². The summed E-state index contributed by atoms with van der Waals surface area (Å²) >= 11 is 0. The van der Waals surface area contributed by atoms with Crippen molar-refractivity contribution in [1.29, 1.82) is 0 Å². The number of likely N-dealkylation sites (N-methyl/N-ethyl adjacent to an activating group) is 2. The molecule has 0 aliphatic carbocycles. The number of nitrogens with zero attached hydrogens (tertiary/aromatic N) is 2. The van der Waals surface area contributed by atoms with E-state index in [1.807, 2.05) is 25.2 Å². The van der Waals surface area contributed by atoms with Gasteiger partial charge in [-0.2, -0.15) is 0 Å². The minimum absolute atomic E-state index is 0.236. The molecule has 0 saturated carbocycles. The van der Waals surface area contributed by atoms with Crippen LogP contribution in [0.1, 0.15) is 5.56 Å². The Balaban J connectivity index is 2.16. The number of benzene rings is 1. The van der Waals surface area contributed by atoms with E-state index in [0.29, 0.717) is 0 Å². The monoisotopic (exact) mass is 202 g/mol. The van der Waals surface area contributed by atoms with Crippen LogP contribution in [0.25, 0.3) is 0 Å². The van der Waals surface area contributed by atoms with E-state index < -0.39 is 0 Å². The third kappa shape index (κ3) is 0.913. The van der Waals surface area contributed by atoms with Gasteiger partial charge in [0.15, 0.2) is 0 Å². The highest BCUT2D eigenvalue weighted by Crippen LogP contribution is 2.45. The van der Waals surface area contributed by atoms with Crippen molar-refractivity contribution >= 4 is 11.6 Å². The summed E-state index contributed by atoms with van der Waals surface area (Å²) in [7, 11) is 3.92. The lowest BCUT2D eigenvalue weighted by Crippen LogP contribution is -2.62. The first-order valence-corrected chi connectivity index (χ1v) is 5.21. The van der Waals surface area contributed by atoms with E-state index in [0.717, 1.165) is 18.8 Å². The van der Waals surface area contributed by atoms with Crippen molar-refractivity contribution in [1.82, 2.24) is 4.90 Å². The number of carbonyl (C=O) groups is 1. The smallest absolute Gasteiger partial charge is 0.240 e. The van der Waals surface area contributed by atoms with Crippen LogP contribution in [0, 0.1) is 0 Å². The predicted molar refractivity (Wildman–Crippen MR) is 59.0 cm³/mol. The Morgan fingerprint density at radius 3 is 2.53 bits per heavy atom. The lowest BCUT2D eigenvalue weighted by molar-refractivity contribution is -0.128.